The van der Waals surface area contributed by atoms with Gasteiger partial charge in [0.1, 0.15) is 0 Å². The lowest BCUT2D eigenvalue weighted by Gasteiger charge is -2.10. The maximum absolute atomic E-state index is 11.8. The van der Waals surface area contributed by atoms with Crippen LogP contribution in [0.15, 0.2) is 42.5 Å². The number of rotatable bonds is 5. The van der Waals surface area contributed by atoms with Gasteiger partial charge in [0, 0.05) is 5.69 Å². The van der Waals surface area contributed by atoms with E-state index in [4.69, 9.17) is 4.74 Å². The second-order valence-electron chi connectivity index (χ2n) is 6.14. The van der Waals surface area contributed by atoms with Crippen molar-refractivity contribution in [2.45, 2.75) is 27.2 Å². The number of nitrogens with one attached hydrogen (secondary N) is 2. The Bertz CT molecular complexity index is 813. The van der Waals surface area contributed by atoms with Crippen LogP contribution in [-0.2, 0) is 20.7 Å². The van der Waals surface area contributed by atoms with E-state index in [2.05, 4.69) is 10.6 Å². The number of ether oxygens (including phenoxy) is 1. The van der Waals surface area contributed by atoms with Gasteiger partial charge >= 0.3 is 12.0 Å². The molecule has 0 bridgehead atoms. The van der Waals surface area contributed by atoms with E-state index >= 15 is 0 Å². The summed E-state index contributed by atoms with van der Waals surface area (Å²) in [6.45, 7) is 5.25. The van der Waals surface area contributed by atoms with Crippen LogP contribution < -0.4 is 10.6 Å². The third-order valence-corrected chi connectivity index (χ3v) is 3.72. The number of urea groups is 1. The molecule has 0 spiro atoms. The summed E-state index contributed by atoms with van der Waals surface area (Å²) in [7, 11) is 0. The Morgan fingerprint density at radius 3 is 2.23 bits per heavy atom. The van der Waals surface area contributed by atoms with Crippen LogP contribution >= 0.6 is 0 Å². The fourth-order valence-corrected chi connectivity index (χ4v) is 2.34. The minimum absolute atomic E-state index is 0.0717. The number of anilines is 1. The number of carbonyl (C=O) groups is 3. The molecule has 2 rings (SSSR count). The highest BCUT2D eigenvalue weighted by Gasteiger charge is 2.12. The van der Waals surface area contributed by atoms with Gasteiger partial charge < -0.3 is 10.1 Å². The van der Waals surface area contributed by atoms with Crippen molar-refractivity contribution >= 4 is 23.6 Å². The monoisotopic (exact) mass is 354 g/mol. The maximum Gasteiger partial charge on any atom is 0.325 e. The van der Waals surface area contributed by atoms with Gasteiger partial charge in [-0.15, -0.1) is 0 Å². The fraction of sp³-hybridized carbons (Fsp3) is 0.250. The first-order chi connectivity index (χ1) is 12.3. The summed E-state index contributed by atoms with van der Waals surface area (Å²) < 4.78 is 4.90. The van der Waals surface area contributed by atoms with Crippen LogP contribution in [0.25, 0.3) is 0 Å². The first-order valence-electron chi connectivity index (χ1n) is 8.23. The molecule has 26 heavy (non-hydrogen) atoms. The van der Waals surface area contributed by atoms with Gasteiger partial charge in [0.2, 0.25) is 0 Å². The van der Waals surface area contributed by atoms with Crippen molar-refractivity contribution in [3.8, 4) is 0 Å². The lowest BCUT2D eigenvalue weighted by Crippen LogP contribution is -2.37. The summed E-state index contributed by atoms with van der Waals surface area (Å²) in [5, 5.41) is 4.72. The van der Waals surface area contributed by atoms with Gasteiger partial charge in [0.05, 0.1) is 6.42 Å². The predicted molar refractivity (Wildman–Crippen MR) is 98.9 cm³/mol. The number of benzene rings is 2. The van der Waals surface area contributed by atoms with Crippen molar-refractivity contribution in [3.05, 3.63) is 64.7 Å². The molecule has 0 saturated carbocycles. The first-order valence-corrected chi connectivity index (χ1v) is 8.23. The number of esters is 1. The molecule has 136 valence electrons. The number of carbonyl (C=O) groups excluding carboxylic acids is 3. The third kappa shape index (κ3) is 6.05. The minimum Gasteiger partial charge on any atom is -0.455 e. The van der Waals surface area contributed by atoms with E-state index in [0.29, 0.717) is 5.69 Å². The van der Waals surface area contributed by atoms with Crippen molar-refractivity contribution in [2.75, 3.05) is 11.9 Å². The van der Waals surface area contributed by atoms with E-state index in [1.165, 1.54) is 0 Å². The van der Waals surface area contributed by atoms with Crippen molar-refractivity contribution in [2.24, 2.45) is 0 Å². The van der Waals surface area contributed by atoms with E-state index < -0.39 is 24.5 Å². The molecule has 0 aliphatic carbocycles. The van der Waals surface area contributed by atoms with Crippen molar-refractivity contribution in [3.63, 3.8) is 0 Å². The first kappa shape index (κ1) is 19.2. The van der Waals surface area contributed by atoms with Crippen LogP contribution in [0.5, 0.6) is 0 Å². The van der Waals surface area contributed by atoms with E-state index in [1.807, 2.05) is 57.2 Å². The Labute approximate surface area is 152 Å². The number of amides is 3. The highest BCUT2D eigenvalue weighted by molar-refractivity contribution is 6.02. The van der Waals surface area contributed by atoms with Gasteiger partial charge in [-0.05, 0) is 38.0 Å². The molecule has 0 unspecified atom stereocenters. The average Bonchev–Trinajstić information content (AvgIpc) is 2.58. The van der Waals surface area contributed by atoms with E-state index in [1.54, 1.807) is 6.07 Å². The van der Waals surface area contributed by atoms with E-state index in [0.717, 1.165) is 22.3 Å². The summed E-state index contributed by atoms with van der Waals surface area (Å²) >= 11 is 0. The maximum atomic E-state index is 11.8. The quantitative estimate of drug-likeness (QED) is 0.808. The van der Waals surface area contributed by atoms with Crippen molar-refractivity contribution in [1.82, 2.24) is 5.32 Å². The zero-order valence-corrected chi connectivity index (χ0v) is 15.1. The molecule has 6 nitrogen and oxygen atoms in total. The molecule has 0 aliphatic heterocycles. The molecule has 2 N–H and O–H groups in total. The molecule has 2 aromatic rings. The Kier molecular flexibility index (Phi) is 6.49. The molecule has 2 aromatic carbocycles. The lowest BCUT2D eigenvalue weighted by atomic mass is 10.1. The number of hydrogen-bond donors (Lipinski definition) is 2. The van der Waals surface area contributed by atoms with Crippen LogP contribution in [0.4, 0.5) is 10.5 Å². The standard InChI is InChI=1S/C20H22N2O4/c1-13-4-7-16(8-5-13)11-19(24)26-12-18(23)22-20(25)21-17-9-6-14(2)10-15(17)3/h4-10H,11-12H2,1-3H3,(H2,21,22,23,25). The summed E-state index contributed by atoms with van der Waals surface area (Å²) in [6.07, 6.45) is 0.0717. The molecule has 0 aromatic heterocycles. The third-order valence-electron chi connectivity index (χ3n) is 3.72. The average molecular weight is 354 g/mol. The lowest BCUT2D eigenvalue weighted by molar-refractivity contribution is -0.147. The Morgan fingerprint density at radius 2 is 1.58 bits per heavy atom. The van der Waals surface area contributed by atoms with Crippen LogP contribution in [-0.4, -0.2) is 24.5 Å². The molecule has 0 aliphatic rings. The summed E-state index contributed by atoms with van der Waals surface area (Å²) in [5.74, 6) is -1.22. The molecular weight excluding hydrogens is 332 g/mol. The molecule has 0 atom stereocenters. The van der Waals surface area contributed by atoms with Gasteiger partial charge in [-0.2, -0.15) is 0 Å². The van der Waals surface area contributed by atoms with E-state index in [-0.39, 0.29) is 6.42 Å². The fourth-order valence-electron chi connectivity index (χ4n) is 2.34. The Balaban J connectivity index is 1.76. The van der Waals surface area contributed by atoms with Crippen LogP contribution in [0.3, 0.4) is 0 Å². The highest BCUT2D eigenvalue weighted by Crippen LogP contribution is 2.15. The van der Waals surface area contributed by atoms with Crippen molar-refractivity contribution < 1.29 is 19.1 Å². The normalized spacial score (nSPS) is 10.1. The van der Waals surface area contributed by atoms with Gasteiger partial charge in [-0.1, -0.05) is 47.5 Å². The van der Waals surface area contributed by atoms with Gasteiger partial charge in [0.25, 0.3) is 5.91 Å². The molecule has 0 fully saturated rings. The molecule has 0 saturated heterocycles. The Hall–Kier alpha value is -3.15. The SMILES string of the molecule is Cc1ccc(CC(=O)OCC(=O)NC(=O)Nc2ccc(C)cc2C)cc1. The van der Waals surface area contributed by atoms with Gasteiger partial charge in [-0.25, -0.2) is 4.79 Å². The Morgan fingerprint density at radius 1 is 0.923 bits per heavy atom. The van der Waals surface area contributed by atoms with Crippen LogP contribution in [0.1, 0.15) is 22.3 Å². The van der Waals surface area contributed by atoms with Crippen LogP contribution in [0.2, 0.25) is 0 Å². The molecule has 0 heterocycles. The van der Waals surface area contributed by atoms with Crippen LogP contribution in [0, 0.1) is 20.8 Å². The number of aryl methyl sites for hydroxylation is 3. The number of hydrogen-bond acceptors (Lipinski definition) is 4. The zero-order valence-electron chi connectivity index (χ0n) is 15.1. The largest absolute Gasteiger partial charge is 0.455 e. The summed E-state index contributed by atoms with van der Waals surface area (Å²) in [4.78, 5) is 35.3. The number of imide groups is 1. The highest BCUT2D eigenvalue weighted by atomic mass is 16.5. The molecule has 0 radical (unpaired) electrons. The van der Waals surface area contributed by atoms with E-state index in [9.17, 15) is 14.4 Å². The molecule has 6 heteroatoms. The summed E-state index contributed by atoms with van der Waals surface area (Å²) in [5.41, 5.74) is 4.46. The predicted octanol–water partition coefficient (Wildman–Crippen LogP) is 3.05. The second-order valence-corrected chi connectivity index (χ2v) is 6.14. The summed E-state index contributed by atoms with van der Waals surface area (Å²) in [6, 6.07) is 12.3. The second kappa shape index (κ2) is 8.80. The molecule has 3 amide bonds. The topological polar surface area (TPSA) is 84.5 Å². The van der Waals surface area contributed by atoms with Gasteiger partial charge in [-0.3, -0.25) is 14.9 Å². The van der Waals surface area contributed by atoms with Crippen molar-refractivity contribution in [1.29, 1.82) is 0 Å². The molecular formula is C20H22N2O4. The smallest absolute Gasteiger partial charge is 0.325 e. The minimum atomic E-state index is -0.690. The zero-order chi connectivity index (χ0) is 19.1. The van der Waals surface area contributed by atoms with Gasteiger partial charge in [0.15, 0.2) is 6.61 Å².